The Morgan fingerprint density at radius 1 is 0.805 bits per heavy atom. The van der Waals surface area contributed by atoms with Gasteiger partial charge in [-0.15, -0.1) is 11.3 Å². The van der Waals surface area contributed by atoms with Gasteiger partial charge in [-0.25, -0.2) is 0 Å². The summed E-state index contributed by atoms with van der Waals surface area (Å²) >= 11 is 1.98. The van der Waals surface area contributed by atoms with Crippen molar-refractivity contribution in [1.29, 1.82) is 0 Å². The largest absolute Gasteiger partial charge is 0.309 e. The number of allylic oxidation sites excluding steroid dienone is 4. The smallest absolute Gasteiger partial charge is 0.0541 e. The molecule has 2 unspecified atom stereocenters. The van der Waals surface area contributed by atoms with E-state index in [1.807, 2.05) is 11.3 Å². The third-order valence-electron chi connectivity index (χ3n) is 9.92. The van der Waals surface area contributed by atoms with E-state index in [-0.39, 0.29) is 5.41 Å². The van der Waals surface area contributed by atoms with E-state index in [1.165, 1.54) is 69.6 Å². The van der Waals surface area contributed by atoms with Gasteiger partial charge in [0.15, 0.2) is 0 Å². The molecule has 0 radical (unpaired) electrons. The van der Waals surface area contributed by atoms with Crippen LogP contribution >= 0.6 is 11.3 Å². The minimum Gasteiger partial charge on any atom is -0.309 e. The van der Waals surface area contributed by atoms with Gasteiger partial charge in [0.1, 0.15) is 0 Å². The Morgan fingerprint density at radius 3 is 2.34 bits per heavy atom. The summed E-state index contributed by atoms with van der Waals surface area (Å²) in [4.78, 5) is 0. The van der Waals surface area contributed by atoms with Crippen LogP contribution in [-0.2, 0) is 11.8 Å². The maximum atomic E-state index is 2.53. The molecule has 2 aromatic heterocycles. The summed E-state index contributed by atoms with van der Waals surface area (Å²) in [6, 6.07) is 31.6. The Kier molecular flexibility index (Phi) is 4.85. The van der Waals surface area contributed by atoms with Crippen LogP contribution < -0.4 is 9.75 Å². The number of fused-ring (bicyclic) bond motifs is 9. The maximum Gasteiger partial charge on any atom is 0.0541 e. The van der Waals surface area contributed by atoms with Gasteiger partial charge >= 0.3 is 0 Å². The molecular formula is C39H31NS. The van der Waals surface area contributed by atoms with Crippen molar-refractivity contribution in [1.82, 2.24) is 4.57 Å². The van der Waals surface area contributed by atoms with Gasteiger partial charge in [0.2, 0.25) is 0 Å². The molecule has 6 aromatic rings. The first-order chi connectivity index (χ1) is 20.1. The first-order valence-corrected chi connectivity index (χ1v) is 15.7. The lowest BCUT2D eigenvalue weighted by atomic mass is 9.73. The van der Waals surface area contributed by atoms with Crippen LogP contribution in [0.25, 0.3) is 55.3 Å². The van der Waals surface area contributed by atoms with Crippen LogP contribution in [0.3, 0.4) is 0 Å². The minimum atomic E-state index is 0.0349. The zero-order valence-corrected chi connectivity index (χ0v) is 24.3. The molecule has 2 heteroatoms. The average Bonchev–Trinajstić information content (AvgIpc) is 3.64. The van der Waals surface area contributed by atoms with Crippen molar-refractivity contribution < 1.29 is 0 Å². The van der Waals surface area contributed by atoms with Crippen LogP contribution in [0.15, 0.2) is 103 Å². The molecule has 2 heterocycles. The predicted octanol–water partition coefficient (Wildman–Crippen LogP) is 8.83. The average molecular weight is 546 g/mol. The van der Waals surface area contributed by atoms with Gasteiger partial charge < -0.3 is 4.57 Å². The van der Waals surface area contributed by atoms with Gasteiger partial charge in [-0.3, -0.25) is 0 Å². The topological polar surface area (TPSA) is 4.93 Å². The number of benzene rings is 4. The third kappa shape index (κ3) is 3.23. The number of aromatic nitrogens is 1. The molecule has 9 rings (SSSR count). The summed E-state index contributed by atoms with van der Waals surface area (Å²) in [5.41, 5.74) is 11.2. The number of para-hydroxylation sites is 2. The van der Waals surface area contributed by atoms with Crippen LogP contribution in [0.5, 0.6) is 0 Å². The molecule has 41 heavy (non-hydrogen) atoms. The molecule has 2 atom stereocenters. The summed E-state index contributed by atoms with van der Waals surface area (Å²) in [5, 5.41) is 5.51. The van der Waals surface area contributed by atoms with Gasteiger partial charge in [-0.1, -0.05) is 110 Å². The van der Waals surface area contributed by atoms with Crippen molar-refractivity contribution in [3.05, 3.63) is 129 Å². The van der Waals surface area contributed by atoms with Crippen LogP contribution in [0.1, 0.15) is 43.4 Å². The lowest BCUT2D eigenvalue weighted by molar-refractivity contribution is 0.579. The van der Waals surface area contributed by atoms with E-state index in [0.29, 0.717) is 5.92 Å². The normalized spacial score (nSPS) is 21.2. The summed E-state index contributed by atoms with van der Waals surface area (Å²) in [5.74, 6) is 0.612. The van der Waals surface area contributed by atoms with E-state index < -0.39 is 0 Å². The molecule has 3 aliphatic carbocycles. The van der Waals surface area contributed by atoms with Gasteiger partial charge in [-0.2, -0.15) is 0 Å². The van der Waals surface area contributed by atoms with E-state index >= 15 is 0 Å². The number of rotatable bonds is 2. The molecule has 0 N–H and O–H groups in total. The van der Waals surface area contributed by atoms with E-state index in [9.17, 15) is 0 Å². The second-order valence-electron chi connectivity index (χ2n) is 12.4. The maximum absolute atomic E-state index is 2.53. The van der Waals surface area contributed by atoms with Crippen molar-refractivity contribution in [3.8, 4) is 5.69 Å². The van der Waals surface area contributed by atoms with Gasteiger partial charge in [0, 0.05) is 36.5 Å². The quantitative estimate of drug-likeness (QED) is 0.205. The third-order valence-corrected chi connectivity index (χ3v) is 11.2. The first-order valence-electron chi connectivity index (χ1n) is 14.9. The molecule has 3 aliphatic rings. The molecule has 0 saturated heterocycles. The number of hydrogen-bond donors (Lipinski definition) is 0. The lowest BCUT2D eigenvalue weighted by Gasteiger charge is -2.30. The van der Waals surface area contributed by atoms with Gasteiger partial charge in [-0.05, 0) is 70.9 Å². The zero-order valence-electron chi connectivity index (χ0n) is 23.4. The molecule has 4 aromatic carbocycles. The van der Waals surface area contributed by atoms with E-state index in [1.54, 1.807) is 5.57 Å². The molecule has 198 valence electrons. The summed E-state index contributed by atoms with van der Waals surface area (Å²) in [7, 11) is 0. The van der Waals surface area contributed by atoms with Gasteiger partial charge in [0.25, 0.3) is 0 Å². The fourth-order valence-electron chi connectivity index (χ4n) is 7.78. The highest BCUT2D eigenvalue weighted by Crippen LogP contribution is 2.51. The van der Waals surface area contributed by atoms with Gasteiger partial charge in [0.05, 0.1) is 11.0 Å². The summed E-state index contributed by atoms with van der Waals surface area (Å²) in [6.45, 7) is 4.79. The van der Waals surface area contributed by atoms with Crippen molar-refractivity contribution >= 4 is 61.0 Å². The summed E-state index contributed by atoms with van der Waals surface area (Å²) in [6.07, 6.45) is 13.1. The number of nitrogens with zero attached hydrogens (tertiary/aromatic N) is 1. The Morgan fingerprint density at radius 2 is 1.54 bits per heavy atom. The number of thiophene rings is 1. The first kappa shape index (κ1) is 23.6. The van der Waals surface area contributed by atoms with E-state index in [4.69, 9.17) is 0 Å². The number of hydrogen-bond acceptors (Lipinski definition) is 1. The van der Waals surface area contributed by atoms with Crippen LogP contribution in [0.4, 0.5) is 0 Å². The molecule has 1 nitrogen and oxygen atoms in total. The standard InChI is InChI=1S/C39H31NS/c1-24-17-18-37-31(21-24)30-12-7-11-27(38(30)41-37)25-19-20-39(2)26(22-25)23-32-33(39)13-8-16-36(32)40-34-14-5-3-9-28(34)29-10-4-6-15-35(29)40/h3-16,18-19,21-22,24H,17,20,23H2,1-2H3. The van der Waals surface area contributed by atoms with Crippen molar-refractivity contribution in [2.45, 2.75) is 38.5 Å². The SMILES string of the molecule is CC1C=c2c(sc3c(C4=CCC5(C)C(=C4)Cc4c(-n6c7ccccc7c7ccccc76)cccc45)cccc23)=CC1. The molecule has 0 bridgehead atoms. The molecule has 0 spiro atoms. The Labute approximate surface area is 244 Å². The van der Waals surface area contributed by atoms with Crippen molar-refractivity contribution in [2.75, 3.05) is 0 Å². The van der Waals surface area contributed by atoms with E-state index in [2.05, 4.69) is 128 Å². The molecular weight excluding hydrogens is 515 g/mol. The molecule has 0 amide bonds. The Bertz CT molecular complexity index is 2220. The lowest BCUT2D eigenvalue weighted by Crippen LogP contribution is -2.23. The Hall–Kier alpha value is -4.14. The zero-order chi connectivity index (χ0) is 27.3. The highest BCUT2D eigenvalue weighted by molar-refractivity contribution is 7.17. The molecule has 0 fully saturated rings. The fraction of sp³-hybridized carbons (Fsp3) is 0.179. The monoisotopic (exact) mass is 545 g/mol. The highest BCUT2D eigenvalue weighted by Gasteiger charge is 2.41. The van der Waals surface area contributed by atoms with Crippen molar-refractivity contribution in [3.63, 3.8) is 0 Å². The highest BCUT2D eigenvalue weighted by atomic mass is 32.1. The molecule has 0 aliphatic heterocycles. The molecule has 0 saturated carbocycles. The minimum absolute atomic E-state index is 0.0349. The second-order valence-corrected chi connectivity index (χ2v) is 13.4. The van der Waals surface area contributed by atoms with Crippen LogP contribution in [0, 0.1) is 5.92 Å². The van der Waals surface area contributed by atoms with Crippen LogP contribution in [0.2, 0.25) is 0 Å². The van der Waals surface area contributed by atoms with Crippen LogP contribution in [-0.4, -0.2) is 4.57 Å². The Balaban J connectivity index is 1.20. The van der Waals surface area contributed by atoms with E-state index in [0.717, 1.165) is 19.3 Å². The second kappa shape index (κ2) is 8.44. The fourth-order valence-corrected chi connectivity index (χ4v) is 9.05. The predicted molar refractivity (Wildman–Crippen MR) is 176 cm³/mol. The van der Waals surface area contributed by atoms with Crippen molar-refractivity contribution in [2.24, 2.45) is 5.92 Å². The summed E-state index contributed by atoms with van der Waals surface area (Å²) < 4.78 is 5.39.